The third-order valence-corrected chi connectivity index (χ3v) is 6.73. The summed E-state index contributed by atoms with van der Waals surface area (Å²) in [7, 11) is 1.67. The zero-order valence-electron chi connectivity index (χ0n) is 20.4. The number of pyridine rings is 1. The van der Waals surface area contributed by atoms with Crippen LogP contribution in [0.2, 0.25) is 0 Å². The first-order valence-corrected chi connectivity index (χ1v) is 12.1. The Morgan fingerprint density at radius 1 is 1.17 bits per heavy atom. The summed E-state index contributed by atoms with van der Waals surface area (Å²) in [4.78, 5) is 38.9. The highest BCUT2D eigenvalue weighted by atomic mass is 16.2. The molecule has 9 nitrogen and oxygen atoms in total. The first-order chi connectivity index (χ1) is 16.9. The van der Waals surface area contributed by atoms with Crippen LogP contribution in [-0.4, -0.2) is 42.8 Å². The molecule has 0 amide bonds. The van der Waals surface area contributed by atoms with Crippen LogP contribution < -0.4 is 21.9 Å². The lowest BCUT2D eigenvalue weighted by atomic mass is 10.1. The quantitative estimate of drug-likeness (QED) is 0.446. The second-order valence-corrected chi connectivity index (χ2v) is 9.28. The highest BCUT2D eigenvalue weighted by Gasteiger charge is 2.26. The molecular weight excluding hydrogens is 442 g/mol. The fraction of sp³-hybridized carbons (Fsp3) is 0.385. The van der Waals surface area contributed by atoms with E-state index in [1.807, 2.05) is 60.9 Å². The van der Waals surface area contributed by atoms with E-state index >= 15 is 0 Å². The van der Waals surface area contributed by atoms with Gasteiger partial charge in [-0.1, -0.05) is 36.4 Å². The maximum Gasteiger partial charge on any atom is 0.332 e. The fourth-order valence-corrected chi connectivity index (χ4v) is 5.00. The van der Waals surface area contributed by atoms with Crippen molar-refractivity contribution in [3.8, 4) is 0 Å². The molecule has 2 N–H and O–H groups in total. The van der Waals surface area contributed by atoms with Crippen LogP contribution >= 0.6 is 0 Å². The van der Waals surface area contributed by atoms with Crippen molar-refractivity contribution in [2.75, 3.05) is 18.0 Å². The molecule has 1 aliphatic rings. The van der Waals surface area contributed by atoms with Gasteiger partial charge in [-0.15, -0.1) is 0 Å². The summed E-state index contributed by atoms with van der Waals surface area (Å²) in [6.45, 7) is 5.91. The summed E-state index contributed by atoms with van der Waals surface area (Å²) in [6, 6.07) is 9.95. The number of aromatic nitrogens is 5. The Balaban J connectivity index is 1.72. The van der Waals surface area contributed by atoms with Crippen LogP contribution in [0, 0.1) is 6.92 Å². The molecular formula is C26H31N7O2. The van der Waals surface area contributed by atoms with E-state index in [1.165, 1.54) is 9.13 Å². The van der Waals surface area contributed by atoms with Gasteiger partial charge in [0, 0.05) is 43.8 Å². The van der Waals surface area contributed by atoms with Gasteiger partial charge in [-0.25, -0.2) is 4.79 Å². The third-order valence-electron chi connectivity index (χ3n) is 6.73. The van der Waals surface area contributed by atoms with Crippen molar-refractivity contribution in [2.24, 2.45) is 12.8 Å². The molecule has 0 saturated carbocycles. The van der Waals surface area contributed by atoms with Crippen LogP contribution in [0.4, 0.5) is 5.95 Å². The summed E-state index contributed by atoms with van der Waals surface area (Å²) in [6.07, 6.45) is 5.86. The normalized spacial score (nSPS) is 16.7. The van der Waals surface area contributed by atoms with E-state index in [-0.39, 0.29) is 18.1 Å². The molecule has 9 heteroatoms. The van der Waals surface area contributed by atoms with Crippen molar-refractivity contribution < 1.29 is 0 Å². The Hall–Kier alpha value is -3.72. The summed E-state index contributed by atoms with van der Waals surface area (Å²) in [5, 5.41) is 1.96. The highest BCUT2D eigenvalue weighted by molar-refractivity contribution is 5.85. The minimum absolute atomic E-state index is 0.0554. The second-order valence-electron chi connectivity index (χ2n) is 9.28. The van der Waals surface area contributed by atoms with Crippen molar-refractivity contribution in [2.45, 2.75) is 45.8 Å². The molecule has 1 aromatic carbocycles. The third kappa shape index (κ3) is 4.05. The van der Waals surface area contributed by atoms with E-state index in [2.05, 4.69) is 9.88 Å². The molecule has 1 aliphatic heterocycles. The summed E-state index contributed by atoms with van der Waals surface area (Å²) in [5.41, 5.74) is 7.80. The Morgan fingerprint density at radius 2 is 1.97 bits per heavy atom. The Bertz CT molecular complexity index is 1560. The largest absolute Gasteiger partial charge is 0.341 e. The zero-order valence-corrected chi connectivity index (χ0v) is 20.4. The number of allylic oxidation sites excluding steroid dienone is 2. The minimum Gasteiger partial charge on any atom is -0.341 e. The van der Waals surface area contributed by atoms with Gasteiger partial charge in [0.15, 0.2) is 11.2 Å². The van der Waals surface area contributed by atoms with Crippen LogP contribution in [-0.2, 0) is 20.1 Å². The van der Waals surface area contributed by atoms with Crippen LogP contribution in [0.3, 0.4) is 0 Å². The molecule has 1 saturated heterocycles. The Morgan fingerprint density at radius 3 is 2.74 bits per heavy atom. The molecule has 1 atom stereocenters. The lowest BCUT2D eigenvalue weighted by Crippen LogP contribution is -2.44. The van der Waals surface area contributed by atoms with E-state index in [1.54, 1.807) is 7.05 Å². The smallest absolute Gasteiger partial charge is 0.332 e. The second kappa shape index (κ2) is 9.14. The van der Waals surface area contributed by atoms with Gasteiger partial charge in [0.1, 0.15) is 0 Å². The molecule has 0 spiro atoms. The number of hydrogen-bond acceptors (Lipinski definition) is 6. The maximum absolute atomic E-state index is 13.9. The Kier molecular flexibility index (Phi) is 6.02. The number of rotatable bonds is 5. The van der Waals surface area contributed by atoms with Gasteiger partial charge in [0.05, 0.1) is 12.2 Å². The number of fused-ring (bicyclic) bond motifs is 2. The van der Waals surface area contributed by atoms with Gasteiger partial charge < -0.3 is 15.2 Å². The average Bonchev–Trinajstić information content (AvgIpc) is 3.23. The molecule has 0 radical (unpaired) electrons. The van der Waals surface area contributed by atoms with E-state index in [4.69, 9.17) is 10.7 Å². The van der Waals surface area contributed by atoms with Crippen molar-refractivity contribution in [3.63, 3.8) is 0 Å². The summed E-state index contributed by atoms with van der Waals surface area (Å²) >= 11 is 0. The highest BCUT2D eigenvalue weighted by Crippen LogP contribution is 2.24. The van der Waals surface area contributed by atoms with E-state index < -0.39 is 5.69 Å². The number of imidazole rings is 1. The van der Waals surface area contributed by atoms with E-state index in [0.29, 0.717) is 35.9 Å². The van der Waals surface area contributed by atoms with Crippen molar-refractivity contribution in [1.29, 1.82) is 0 Å². The molecule has 182 valence electrons. The van der Waals surface area contributed by atoms with Crippen LogP contribution in [0.15, 0.2) is 52.1 Å². The first-order valence-electron chi connectivity index (χ1n) is 12.1. The number of nitrogens with zero attached hydrogens (tertiary/aromatic N) is 6. The standard InChI is InChI=1S/C26H31N7O2/c1-4-5-13-32-22-23(29-25(32)31-12-8-10-19(27)15-31)30(3)26(35)33(24(22)34)16-21-20-11-7-6-9-18(20)14-17(2)28-21/h4-7,9,11,14,19H,8,10,12-13,15-16,27H2,1-3H3/t19-/m1/s1. The number of benzene rings is 1. The number of piperidine rings is 1. The van der Waals surface area contributed by atoms with Gasteiger partial charge >= 0.3 is 5.69 Å². The van der Waals surface area contributed by atoms with Gasteiger partial charge in [0.2, 0.25) is 5.95 Å². The molecule has 5 rings (SSSR count). The van der Waals surface area contributed by atoms with Gasteiger partial charge in [-0.3, -0.25) is 18.9 Å². The zero-order chi connectivity index (χ0) is 24.7. The van der Waals surface area contributed by atoms with Crippen molar-refractivity contribution >= 4 is 27.9 Å². The topological polar surface area (TPSA) is 104 Å². The lowest BCUT2D eigenvalue weighted by Gasteiger charge is -2.31. The van der Waals surface area contributed by atoms with E-state index in [0.717, 1.165) is 35.9 Å². The molecule has 0 unspecified atom stereocenters. The average molecular weight is 474 g/mol. The van der Waals surface area contributed by atoms with Crippen LogP contribution in [0.1, 0.15) is 31.2 Å². The predicted octanol–water partition coefficient (Wildman–Crippen LogP) is 2.31. The number of anilines is 1. The maximum atomic E-state index is 13.9. The van der Waals surface area contributed by atoms with Gasteiger partial charge in [-0.05, 0) is 38.1 Å². The lowest BCUT2D eigenvalue weighted by molar-refractivity contribution is 0.495. The molecule has 35 heavy (non-hydrogen) atoms. The summed E-state index contributed by atoms with van der Waals surface area (Å²) in [5.74, 6) is 0.678. The number of nitrogens with two attached hydrogens (primary N) is 1. The van der Waals surface area contributed by atoms with Crippen molar-refractivity contribution in [1.82, 2.24) is 23.7 Å². The Labute approximate surface area is 203 Å². The molecule has 3 aromatic heterocycles. The summed E-state index contributed by atoms with van der Waals surface area (Å²) < 4.78 is 4.65. The fourth-order valence-electron chi connectivity index (χ4n) is 5.00. The molecule has 0 aliphatic carbocycles. The van der Waals surface area contributed by atoms with Gasteiger partial charge in [-0.2, -0.15) is 4.98 Å². The number of hydrogen-bond donors (Lipinski definition) is 1. The minimum atomic E-state index is -0.410. The first kappa shape index (κ1) is 23.0. The van der Waals surface area contributed by atoms with E-state index in [9.17, 15) is 9.59 Å². The molecule has 4 heterocycles. The monoisotopic (exact) mass is 473 g/mol. The van der Waals surface area contributed by atoms with Crippen LogP contribution in [0.5, 0.6) is 0 Å². The predicted molar refractivity (Wildman–Crippen MR) is 139 cm³/mol. The van der Waals surface area contributed by atoms with Crippen molar-refractivity contribution in [3.05, 3.63) is 74.7 Å². The molecule has 4 aromatic rings. The van der Waals surface area contributed by atoms with Crippen LogP contribution in [0.25, 0.3) is 21.9 Å². The SMILES string of the molecule is CC=CCn1c(N2CCC[C@@H](N)C2)nc2c1c(=O)n(Cc1nc(C)cc3ccccc13)c(=O)n2C. The van der Waals surface area contributed by atoms with Gasteiger partial charge in [0.25, 0.3) is 5.56 Å². The number of aryl methyl sites for hydroxylation is 2. The molecule has 1 fully saturated rings. The molecule has 0 bridgehead atoms.